The molecule has 3 heteroatoms. The maximum atomic E-state index is 5.86. The molecule has 2 atom stereocenters. The van der Waals surface area contributed by atoms with Crippen LogP contribution in [-0.2, 0) is 14.2 Å². The van der Waals surface area contributed by atoms with Crippen LogP contribution in [0.5, 0.6) is 0 Å². The number of methoxy groups -OCH3 is 1. The van der Waals surface area contributed by atoms with Gasteiger partial charge in [0.15, 0.2) is 6.29 Å². The van der Waals surface area contributed by atoms with Crippen molar-refractivity contribution >= 4 is 0 Å². The highest BCUT2D eigenvalue weighted by Gasteiger charge is 2.31. The van der Waals surface area contributed by atoms with Crippen molar-refractivity contribution in [2.75, 3.05) is 20.3 Å². The molecule has 1 heterocycles. The highest BCUT2D eigenvalue weighted by atomic mass is 16.7. The van der Waals surface area contributed by atoms with E-state index in [1.54, 1.807) is 7.11 Å². The molecule has 2 unspecified atom stereocenters. The Hall–Kier alpha value is -0.120. The minimum Gasteiger partial charge on any atom is -0.382 e. The van der Waals surface area contributed by atoms with E-state index in [-0.39, 0.29) is 12.4 Å². The lowest BCUT2D eigenvalue weighted by Gasteiger charge is -2.33. The normalized spacial score (nSPS) is 34.9. The van der Waals surface area contributed by atoms with Gasteiger partial charge in [0.05, 0.1) is 19.3 Å². The predicted octanol–water partition coefficient (Wildman–Crippen LogP) is 1.95. The molecule has 0 aromatic rings. The zero-order valence-corrected chi connectivity index (χ0v) is 8.91. The van der Waals surface area contributed by atoms with Gasteiger partial charge < -0.3 is 14.2 Å². The average Bonchev–Trinajstić information content (AvgIpc) is 2.71. The van der Waals surface area contributed by atoms with Crippen LogP contribution in [0.1, 0.15) is 32.1 Å². The maximum Gasteiger partial charge on any atom is 0.160 e. The fraction of sp³-hybridized carbons (Fsp3) is 1.00. The molecule has 82 valence electrons. The summed E-state index contributed by atoms with van der Waals surface area (Å²) in [6.45, 7) is 1.53. The quantitative estimate of drug-likeness (QED) is 0.697. The summed E-state index contributed by atoms with van der Waals surface area (Å²) in [4.78, 5) is 0. The first-order chi connectivity index (χ1) is 6.90. The van der Waals surface area contributed by atoms with E-state index in [1.807, 2.05) is 0 Å². The van der Waals surface area contributed by atoms with Gasteiger partial charge in [0, 0.05) is 13.0 Å². The van der Waals surface area contributed by atoms with E-state index in [0.717, 1.165) is 13.0 Å². The number of hydrogen-bond acceptors (Lipinski definition) is 3. The molecule has 1 aliphatic heterocycles. The fourth-order valence-electron chi connectivity index (χ4n) is 2.40. The van der Waals surface area contributed by atoms with Crippen LogP contribution in [0.2, 0.25) is 0 Å². The summed E-state index contributed by atoms with van der Waals surface area (Å²) in [7, 11) is 1.73. The molecule has 0 aromatic carbocycles. The second kappa shape index (κ2) is 5.10. The molecule has 2 aliphatic rings. The Morgan fingerprint density at radius 3 is 2.71 bits per heavy atom. The number of ether oxygens (including phenoxy) is 3. The van der Waals surface area contributed by atoms with Crippen LogP contribution < -0.4 is 0 Å². The standard InChI is InChI=1S/C11H20O3/c1-12-8-10-6-7-13-11(14-10)9-4-2-3-5-9/h9-11H,2-8H2,1H3. The second-order valence-corrected chi connectivity index (χ2v) is 4.29. The molecule has 0 bridgehead atoms. The molecule has 2 fully saturated rings. The summed E-state index contributed by atoms with van der Waals surface area (Å²) >= 11 is 0. The smallest absolute Gasteiger partial charge is 0.160 e. The molecular formula is C11H20O3. The molecular weight excluding hydrogens is 180 g/mol. The highest BCUT2D eigenvalue weighted by molar-refractivity contribution is 4.74. The molecule has 1 aliphatic carbocycles. The lowest BCUT2D eigenvalue weighted by atomic mass is 10.1. The van der Waals surface area contributed by atoms with Gasteiger partial charge in [-0.1, -0.05) is 12.8 Å². The summed E-state index contributed by atoms with van der Waals surface area (Å²) < 4.78 is 16.6. The lowest BCUT2D eigenvalue weighted by Crippen LogP contribution is -2.38. The summed E-state index contributed by atoms with van der Waals surface area (Å²) in [5.41, 5.74) is 0. The Bertz CT molecular complexity index is 164. The largest absolute Gasteiger partial charge is 0.382 e. The van der Waals surface area contributed by atoms with Gasteiger partial charge in [-0.05, 0) is 19.3 Å². The molecule has 2 rings (SSSR count). The van der Waals surface area contributed by atoms with Gasteiger partial charge >= 0.3 is 0 Å². The molecule has 14 heavy (non-hydrogen) atoms. The van der Waals surface area contributed by atoms with Crippen LogP contribution in [0.25, 0.3) is 0 Å². The Balaban J connectivity index is 1.80. The van der Waals surface area contributed by atoms with E-state index in [2.05, 4.69) is 0 Å². The van der Waals surface area contributed by atoms with Gasteiger partial charge in [0.1, 0.15) is 0 Å². The van der Waals surface area contributed by atoms with Gasteiger partial charge in [-0.25, -0.2) is 0 Å². The van der Waals surface area contributed by atoms with Crippen molar-refractivity contribution in [3.63, 3.8) is 0 Å². The molecule has 3 nitrogen and oxygen atoms in total. The minimum absolute atomic E-state index is 0.0476. The van der Waals surface area contributed by atoms with Crippen LogP contribution in [-0.4, -0.2) is 32.7 Å². The van der Waals surface area contributed by atoms with Crippen molar-refractivity contribution in [1.29, 1.82) is 0 Å². The van der Waals surface area contributed by atoms with E-state index in [1.165, 1.54) is 25.7 Å². The highest BCUT2D eigenvalue weighted by Crippen LogP contribution is 2.32. The van der Waals surface area contributed by atoms with Crippen molar-refractivity contribution in [3.05, 3.63) is 0 Å². The van der Waals surface area contributed by atoms with Gasteiger partial charge in [-0.2, -0.15) is 0 Å². The van der Waals surface area contributed by atoms with Crippen molar-refractivity contribution in [1.82, 2.24) is 0 Å². The Morgan fingerprint density at radius 2 is 2.00 bits per heavy atom. The molecule has 0 radical (unpaired) electrons. The van der Waals surface area contributed by atoms with E-state index < -0.39 is 0 Å². The average molecular weight is 200 g/mol. The molecule has 0 N–H and O–H groups in total. The predicted molar refractivity (Wildman–Crippen MR) is 53.1 cm³/mol. The van der Waals surface area contributed by atoms with Gasteiger partial charge in [-0.15, -0.1) is 0 Å². The summed E-state index contributed by atoms with van der Waals surface area (Å²) in [5.74, 6) is 0.634. The number of hydrogen-bond donors (Lipinski definition) is 0. The third-order valence-electron chi connectivity index (χ3n) is 3.19. The van der Waals surface area contributed by atoms with E-state index in [9.17, 15) is 0 Å². The van der Waals surface area contributed by atoms with Gasteiger partial charge in [0.2, 0.25) is 0 Å². The number of rotatable bonds is 3. The van der Waals surface area contributed by atoms with Crippen LogP contribution in [0.3, 0.4) is 0 Å². The monoisotopic (exact) mass is 200 g/mol. The lowest BCUT2D eigenvalue weighted by molar-refractivity contribution is -0.241. The molecule has 1 saturated heterocycles. The topological polar surface area (TPSA) is 27.7 Å². The van der Waals surface area contributed by atoms with Crippen LogP contribution in [0.15, 0.2) is 0 Å². The maximum absolute atomic E-state index is 5.86. The van der Waals surface area contributed by atoms with Gasteiger partial charge in [-0.3, -0.25) is 0 Å². The zero-order chi connectivity index (χ0) is 9.80. The summed E-state index contributed by atoms with van der Waals surface area (Å²) in [5, 5.41) is 0. The SMILES string of the molecule is COCC1CCOC(C2CCCC2)O1. The Labute approximate surface area is 85.7 Å². The second-order valence-electron chi connectivity index (χ2n) is 4.29. The first-order valence-electron chi connectivity index (χ1n) is 5.66. The van der Waals surface area contributed by atoms with E-state index in [4.69, 9.17) is 14.2 Å². The minimum atomic E-state index is 0.0476. The molecule has 0 amide bonds. The third kappa shape index (κ3) is 2.47. The fourth-order valence-corrected chi connectivity index (χ4v) is 2.40. The van der Waals surface area contributed by atoms with Crippen LogP contribution >= 0.6 is 0 Å². The van der Waals surface area contributed by atoms with Crippen molar-refractivity contribution in [2.45, 2.75) is 44.5 Å². The van der Waals surface area contributed by atoms with Crippen molar-refractivity contribution in [2.24, 2.45) is 5.92 Å². The third-order valence-corrected chi connectivity index (χ3v) is 3.19. The van der Waals surface area contributed by atoms with Crippen molar-refractivity contribution < 1.29 is 14.2 Å². The zero-order valence-electron chi connectivity index (χ0n) is 8.91. The molecule has 1 saturated carbocycles. The van der Waals surface area contributed by atoms with Crippen LogP contribution in [0.4, 0.5) is 0 Å². The van der Waals surface area contributed by atoms with Gasteiger partial charge in [0.25, 0.3) is 0 Å². The van der Waals surface area contributed by atoms with E-state index >= 15 is 0 Å². The van der Waals surface area contributed by atoms with E-state index in [0.29, 0.717) is 12.5 Å². The first-order valence-corrected chi connectivity index (χ1v) is 5.66. The summed E-state index contributed by atoms with van der Waals surface area (Å²) in [6.07, 6.45) is 6.48. The Kier molecular flexibility index (Phi) is 3.79. The molecule has 0 spiro atoms. The first kappa shape index (κ1) is 10.4. The summed E-state index contributed by atoms with van der Waals surface area (Å²) in [6, 6.07) is 0. The Morgan fingerprint density at radius 1 is 1.21 bits per heavy atom. The molecule has 0 aromatic heterocycles. The van der Waals surface area contributed by atoms with Crippen molar-refractivity contribution in [3.8, 4) is 0 Å². The van der Waals surface area contributed by atoms with Crippen LogP contribution in [0, 0.1) is 5.92 Å².